The van der Waals surface area contributed by atoms with E-state index in [1.54, 1.807) is 7.05 Å². The number of likely N-dealkylation sites (N-methyl/N-ethyl adjacent to an activating group) is 1. The lowest BCUT2D eigenvalue weighted by molar-refractivity contribution is 0.115. The van der Waals surface area contributed by atoms with E-state index < -0.39 is 12.3 Å². The predicted octanol–water partition coefficient (Wildman–Crippen LogP) is 1.37. The average Bonchev–Trinajstić information content (AvgIpc) is 2.48. The minimum atomic E-state index is -2.62. The van der Waals surface area contributed by atoms with Crippen molar-refractivity contribution in [2.75, 3.05) is 13.6 Å². The zero-order chi connectivity index (χ0) is 8.97. The first-order chi connectivity index (χ1) is 5.74. The molecule has 0 saturated heterocycles. The smallest absolute Gasteiger partial charge is 0.313 e. The molecule has 0 bridgehead atoms. The van der Waals surface area contributed by atoms with Crippen molar-refractivity contribution < 1.29 is 13.2 Å². The second-order valence-electron chi connectivity index (χ2n) is 2.33. The van der Waals surface area contributed by atoms with E-state index in [1.807, 2.05) is 0 Å². The van der Waals surface area contributed by atoms with Gasteiger partial charge in [0.25, 0.3) is 5.89 Å². The van der Waals surface area contributed by atoms with Crippen LogP contribution in [0, 0.1) is 0 Å². The molecular formula is C7H10F2N2O. The summed E-state index contributed by atoms with van der Waals surface area (Å²) in [7, 11) is 1.79. The number of oxazole rings is 1. The topological polar surface area (TPSA) is 38.1 Å². The molecule has 0 spiro atoms. The number of rotatable bonds is 4. The molecule has 0 saturated carbocycles. The Hall–Kier alpha value is -0.970. The third-order valence-corrected chi connectivity index (χ3v) is 1.39. The fourth-order valence-corrected chi connectivity index (χ4v) is 0.791. The largest absolute Gasteiger partial charge is 0.444 e. The van der Waals surface area contributed by atoms with E-state index in [1.165, 1.54) is 6.26 Å². The second kappa shape index (κ2) is 4.15. The minimum absolute atomic E-state index is 0.499. The van der Waals surface area contributed by atoms with E-state index in [2.05, 4.69) is 14.7 Å². The molecule has 1 aromatic heterocycles. The molecule has 0 unspecified atom stereocenters. The highest BCUT2D eigenvalue weighted by molar-refractivity contribution is 4.97. The van der Waals surface area contributed by atoms with Crippen molar-refractivity contribution in [3.05, 3.63) is 17.8 Å². The van der Waals surface area contributed by atoms with E-state index in [-0.39, 0.29) is 0 Å². The van der Waals surface area contributed by atoms with Gasteiger partial charge in [0, 0.05) is 13.0 Å². The number of alkyl halides is 2. The lowest BCUT2D eigenvalue weighted by atomic mass is 10.3. The van der Waals surface area contributed by atoms with Crippen LogP contribution in [-0.2, 0) is 6.42 Å². The molecule has 0 aliphatic heterocycles. The van der Waals surface area contributed by atoms with Crippen LogP contribution in [0.5, 0.6) is 0 Å². The van der Waals surface area contributed by atoms with Crippen LogP contribution in [0.1, 0.15) is 18.0 Å². The van der Waals surface area contributed by atoms with Gasteiger partial charge in [-0.2, -0.15) is 8.78 Å². The lowest BCUT2D eigenvalue weighted by Gasteiger charge is -1.92. The second-order valence-corrected chi connectivity index (χ2v) is 2.33. The van der Waals surface area contributed by atoms with Gasteiger partial charge in [0.15, 0.2) is 0 Å². The van der Waals surface area contributed by atoms with Crippen LogP contribution in [-0.4, -0.2) is 18.6 Å². The van der Waals surface area contributed by atoms with Crippen molar-refractivity contribution in [1.29, 1.82) is 0 Å². The van der Waals surface area contributed by atoms with E-state index in [9.17, 15) is 8.78 Å². The van der Waals surface area contributed by atoms with Gasteiger partial charge in [0.1, 0.15) is 6.26 Å². The van der Waals surface area contributed by atoms with Gasteiger partial charge < -0.3 is 9.73 Å². The molecular weight excluding hydrogens is 166 g/mol. The molecule has 1 aromatic rings. The summed E-state index contributed by atoms with van der Waals surface area (Å²) < 4.78 is 28.4. The first kappa shape index (κ1) is 9.12. The average molecular weight is 176 g/mol. The number of nitrogens with one attached hydrogen (secondary N) is 1. The van der Waals surface area contributed by atoms with Crippen LogP contribution in [0.25, 0.3) is 0 Å². The van der Waals surface area contributed by atoms with Crippen LogP contribution in [0.4, 0.5) is 8.78 Å². The summed E-state index contributed by atoms with van der Waals surface area (Å²) in [6.07, 6.45) is -0.751. The summed E-state index contributed by atoms with van der Waals surface area (Å²) in [5.74, 6) is -0.499. The molecule has 0 aromatic carbocycles. The van der Waals surface area contributed by atoms with Crippen LogP contribution < -0.4 is 5.32 Å². The zero-order valence-electron chi connectivity index (χ0n) is 6.68. The van der Waals surface area contributed by atoms with Crippen LogP contribution in [0.3, 0.4) is 0 Å². The van der Waals surface area contributed by atoms with Gasteiger partial charge in [-0.25, -0.2) is 4.98 Å². The standard InChI is InChI=1S/C7H10F2N2O/c1-10-3-2-5-4-12-7(11-5)6(8)9/h4,6,10H,2-3H2,1H3. The normalized spacial score (nSPS) is 11.0. The third-order valence-electron chi connectivity index (χ3n) is 1.39. The van der Waals surface area contributed by atoms with Crippen molar-refractivity contribution in [2.24, 2.45) is 0 Å². The molecule has 0 atom stereocenters. The maximum atomic E-state index is 11.9. The monoisotopic (exact) mass is 176 g/mol. The molecule has 3 nitrogen and oxygen atoms in total. The molecule has 68 valence electrons. The minimum Gasteiger partial charge on any atom is -0.444 e. The summed E-state index contributed by atoms with van der Waals surface area (Å²) in [5, 5.41) is 2.89. The van der Waals surface area contributed by atoms with Crippen molar-refractivity contribution in [3.8, 4) is 0 Å². The fourth-order valence-electron chi connectivity index (χ4n) is 0.791. The lowest BCUT2D eigenvalue weighted by Crippen LogP contribution is -2.10. The number of aromatic nitrogens is 1. The van der Waals surface area contributed by atoms with Crippen LogP contribution >= 0.6 is 0 Å². The molecule has 12 heavy (non-hydrogen) atoms. The van der Waals surface area contributed by atoms with Gasteiger partial charge in [0.2, 0.25) is 0 Å². The van der Waals surface area contributed by atoms with Gasteiger partial charge in [-0.3, -0.25) is 0 Å². The molecule has 5 heteroatoms. The highest BCUT2D eigenvalue weighted by Gasteiger charge is 2.13. The fraction of sp³-hybridized carbons (Fsp3) is 0.571. The quantitative estimate of drug-likeness (QED) is 0.753. The highest BCUT2D eigenvalue weighted by atomic mass is 19.3. The van der Waals surface area contributed by atoms with E-state index in [0.29, 0.717) is 18.7 Å². The Morgan fingerprint density at radius 3 is 2.92 bits per heavy atom. The highest BCUT2D eigenvalue weighted by Crippen LogP contribution is 2.17. The van der Waals surface area contributed by atoms with Crippen molar-refractivity contribution in [1.82, 2.24) is 10.3 Å². The molecule has 1 rings (SSSR count). The number of nitrogens with zero attached hydrogens (tertiary/aromatic N) is 1. The van der Waals surface area contributed by atoms with Gasteiger partial charge in [0.05, 0.1) is 5.69 Å². The Morgan fingerprint density at radius 1 is 1.67 bits per heavy atom. The molecule has 0 radical (unpaired) electrons. The Balaban J connectivity index is 2.52. The summed E-state index contributed by atoms with van der Waals surface area (Å²) >= 11 is 0. The Bertz CT molecular complexity index is 237. The Morgan fingerprint density at radius 2 is 2.42 bits per heavy atom. The number of halogens is 2. The molecule has 0 aliphatic carbocycles. The molecule has 1 heterocycles. The Kier molecular flexibility index (Phi) is 3.16. The van der Waals surface area contributed by atoms with E-state index >= 15 is 0 Å². The maximum absolute atomic E-state index is 11.9. The van der Waals surface area contributed by atoms with Crippen molar-refractivity contribution in [3.63, 3.8) is 0 Å². The van der Waals surface area contributed by atoms with Gasteiger partial charge >= 0.3 is 6.43 Å². The Labute approximate surface area is 68.8 Å². The molecule has 0 fully saturated rings. The van der Waals surface area contributed by atoms with Gasteiger partial charge in [-0.1, -0.05) is 0 Å². The van der Waals surface area contributed by atoms with Gasteiger partial charge in [-0.15, -0.1) is 0 Å². The SMILES string of the molecule is CNCCc1coc(C(F)F)n1. The summed E-state index contributed by atoms with van der Waals surface area (Å²) in [6.45, 7) is 0.704. The van der Waals surface area contributed by atoms with E-state index in [0.717, 1.165) is 0 Å². The predicted molar refractivity (Wildman–Crippen MR) is 39.1 cm³/mol. The molecule has 0 aliphatic rings. The zero-order valence-corrected chi connectivity index (χ0v) is 6.68. The first-order valence-electron chi connectivity index (χ1n) is 3.61. The summed E-state index contributed by atoms with van der Waals surface area (Å²) in [4.78, 5) is 3.59. The van der Waals surface area contributed by atoms with Crippen molar-refractivity contribution >= 4 is 0 Å². The van der Waals surface area contributed by atoms with Gasteiger partial charge in [-0.05, 0) is 7.05 Å². The number of hydrogen-bond acceptors (Lipinski definition) is 3. The van der Waals surface area contributed by atoms with Crippen LogP contribution in [0.15, 0.2) is 10.7 Å². The molecule has 0 amide bonds. The third kappa shape index (κ3) is 2.27. The first-order valence-corrected chi connectivity index (χ1v) is 3.61. The summed E-state index contributed by atoms with van der Waals surface area (Å²) in [6, 6.07) is 0. The molecule has 1 N–H and O–H groups in total. The van der Waals surface area contributed by atoms with E-state index in [4.69, 9.17) is 0 Å². The van der Waals surface area contributed by atoms with Crippen molar-refractivity contribution in [2.45, 2.75) is 12.8 Å². The van der Waals surface area contributed by atoms with Crippen LogP contribution in [0.2, 0.25) is 0 Å². The summed E-state index contributed by atoms with van der Waals surface area (Å²) in [5.41, 5.74) is 0.555. The maximum Gasteiger partial charge on any atom is 0.313 e. The number of hydrogen-bond donors (Lipinski definition) is 1.